The van der Waals surface area contributed by atoms with Crippen LogP contribution in [0.3, 0.4) is 0 Å². The van der Waals surface area contributed by atoms with E-state index in [2.05, 4.69) is 33.9 Å². The fourth-order valence-corrected chi connectivity index (χ4v) is 1.61. The van der Waals surface area contributed by atoms with Crippen molar-refractivity contribution in [1.29, 1.82) is 0 Å². The molecule has 0 amide bonds. The molecule has 0 aliphatic heterocycles. The Morgan fingerprint density at radius 2 is 2.00 bits per heavy atom. The van der Waals surface area contributed by atoms with Crippen LogP contribution in [-0.4, -0.2) is 21.2 Å². The maximum atomic E-state index is 10.4. The molecule has 0 aromatic rings. The van der Waals surface area contributed by atoms with Crippen molar-refractivity contribution in [3.05, 3.63) is 0 Å². The predicted molar refractivity (Wildman–Crippen MR) is 53.8 cm³/mol. The summed E-state index contributed by atoms with van der Waals surface area (Å²) < 4.78 is 12.4. The zero-order chi connectivity index (χ0) is 10.7. The largest absolute Gasteiger partial charge is 0.416 e. The molecule has 0 saturated heterocycles. The minimum atomic E-state index is -1.71. The third kappa shape index (κ3) is 3.50. The van der Waals surface area contributed by atoms with E-state index in [1.165, 1.54) is 0 Å². The van der Waals surface area contributed by atoms with E-state index < -0.39 is 14.6 Å². The van der Waals surface area contributed by atoms with Crippen molar-refractivity contribution in [3.8, 4) is 0 Å². The lowest BCUT2D eigenvalue weighted by Crippen LogP contribution is -2.41. The van der Waals surface area contributed by atoms with Crippen LogP contribution in [0.4, 0.5) is 0 Å². The summed E-state index contributed by atoms with van der Waals surface area (Å²) in [5, 5.41) is 0.179. The van der Waals surface area contributed by atoms with Gasteiger partial charge >= 0.3 is 0 Å². The third-order valence-corrected chi connectivity index (χ3v) is 7.01. The highest BCUT2D eigenvalue weighted by atomic mass is 28.4. The molecule has 0 aliphatic rings. The summed E-state index contributed by atoms with van der Waals surface area (Å²) >= 11 is 0. The van der Waals surface area contributed by atoms with Gasteiger partial charge in [0.1, 0.15) is 7.63 Å². The summed E-state index contributed by atoms with van der Waals surface area (Å²) in [6, 6.07) is 0. The van der Waals surface area contributed by atoms with E-state index in [0.29, 0.717) is 6.61 Å². The number of aldehydes is 1. The Kier molecular flexibility index (Phi) is 3.47. The average Bonchev–Trinajstić information content (AvgIpc) is 1.82. The second kappa shape index (κ2) is 4.19. The van der Waals surface area contributed by atoms with E-state index in [1.807, 2.05) is 0 Å². The topological polar surface area (TPSA) is 26.3 Å². The van der Waals surface area contributed by atoms with E-state index in [1.54, 1.807) is 0 Å². The highest BCUT2D eigenvalue weighted by Crippen LogP contribution is 2.36. The van der Waals surface area contributed by atoms with Crippen LogP contribution in [0.15, 0.2) is 0 Å². The van der Waals surface area contributed by atoms with E-state index in [4.69, 9.17) is 5.80 Å². The molecule has 2 nitrogen and oxygen atoms in total. The molecule has 0 spiro atoms. The van der Waals surface area contributed by atoms with Crippen molar-refractivity contribution in [2.24, 2.45) is 0 Å². The van der Waals surface area contributed by atoms with Crippen molar-refractivity contribution in [3.63, 3.8) is 0 Å². The fraction of sp³-hybridized carbons (Fsp3) is 0.889. The number of hydrogen-bond donors (Lipinski definition) is 0. The van der Waals surface area contributed by atoms with Gasteiger partial charge in [-0.05, 0) is 18.1 Å². The SMILES string of the molecule is [2H]C(=O)CCO[Si](C)(C)C(C)(C)C. The first kappa shape index (κ1) is 9.93. The summed E-state index contributed by atoms with van der Waals surface area (Å²) in [7, 11) is -1.71. The van der Waals surface area contributed by atoms with Gasteiger partial charge < -0.3 is 9.22 Å². The Balaban J connectivity index is 3.97. The van der Waals surface area contributed by atoms with Crippen molar-refractivity contribution < 1.29 is 10.6 Å². The molecule has 72 valence electrons. The Morgan fingerprint density at radius 3 is 2.33 bits per heavy atom. The van der Waals surface area contributed by atoms with Crippen molar-refractivity contribution >= 4 is 14.6 Å². The number of carbonyl (C=O) groups is 1. The van der Waals surface area contributed by atoms with Crippen LogP contribution in [0.25, 0.3) is 0 Å². The zero-order valence-electron chi connectivity index (χ0n) is 9.73. The molecule has 0 atom stereocenters. The first-order chi connectivity index (χ1) is 5.67. The van der Waals surface area contributed by atoms with E-state index in [9.17, 15) is 4.79 Å². The molecular weight excluding hydrogens is 168 g/mol. The van der Waals surface area contributed by atoms with Gasteiger partial charge in [0.25, 0.3) is 0 Å². The van der Waals surface area contributed by atoms with Gasteiger partial charge in [0, 0.05) is 13.0 Å². The quantitative estimate of drug-likeness (QED) is 0.502. The van der Waals surface area contributed by atoms with E-state index in [-0.39, 0.29) is 11.5 Å². The highest BCUT2D eigenvalue weighted by Gasteiger charge is 2.36. The molecule has 12 heavy (non-hydrogen) atoms. The van der Waals surface area contributed by atoms with Gasteiger partial charge in [-0.15, -0.1) is 0 Å². The van der Waals surface area contributed by atoms with Crippen LogP contribution in [0.5, 0.6) is 0 Å². The van der Waals surface area contributed by atoms with Crippen LogP contribution >= 0.6 is 0 Å². The lowest BCUT2D eigenvalue weighted by Gasteiger charge is -2.35. The van der Waals surface area contributed by atoms with Crippen LogP contribution in [0.1, 0.15) is 28.6 Å². The Hall–Kier alpha value is -0.153. The summed E-state index contributed by atoms with van der Waals surface area (Å²) in [4.78, 5) is 10.4. The van der Waals surface area contributed by atoms with Gasteiger partial charge in [0.15, 0.2) is 8.32 Å². The lowest BCUT2D eigenvalue weighted by atomic mass is 10.2. The molecular formula is C9H20O2Si. The monoisotopic (exact) mass is 189 g/mol. The Bertz CT molecular complexity index is 185. The normalized spacial score (nSPS) is 14.2. The standard InChI is InChI=1S/C9H20O2Si/c1-9(2,3)12(4,5)11-8-6-7-10/h7H,6,8H2,1-5H3/i7D. The first-order valence-electron chi connectivity index (χ1n) is 4.80. The Morgan fingerprint density at radius 1 is 1.50 bits per heavy atom. The summed E-state index contributed by atoms with van der Waals surface area (Å²) in [6.45, 7) is 11.1. The van der Waals surface area contributed by atoms with Crippen LogP contribution < -0.4 is 0 Å². The number of hydrogen-bond acceptors (Lipinski definition) is 2. The van der Waals surface area contributed by atoms with Crippen LogP contribution in [0, 0.1) is 0 Å². The third-order valence-electron chi connectivity index (χ3n) is 2.47. The second-order valence-corrected chi connectivity index (χ2v) is 9.31. The summed E-state index contributed by atoms with van der Waals surface area (Å²) in [6.07, 6.45) is -0.328. The van der Waals surface area contributed by atoms with Gasteiger partial charge in [-0.25, -0.2) is 0 Å². The fourth-order valence-electron chi connectivity index (χ4n) is 0.564. The predicted octanol–water partition coefficient (Wildman–Crippen LogP) is 2.60. The Labute approximate surface area is 77.8 Å². The summed E-state index contributed by atoms with van der Waals surface area (Å²) in [5.41, 5.74) is 0. The molecule has 0 saturated carbocycles. The summed E-state index contributed by atoms with van der Waals surface area (Å²) in [5.74, 6) is 0. The van der Waals surface area contributed by atoms with Gasteiger partial charge in [-0.3, -0.25) is 0 Å². The van der Waals surface area contributed by atoms with Crippen molar-refractivity contribution in [1.82, 2.24) is 0 Å². The smallest absolute Gasteiger partial charge is 0.191 e. The maximum Gasteiger partial charge on any atom is 0.191 e. The minimum Gasteiger partial charge on any atom is -0.416 e. The molecule has 0 heterocycles. The van der Waals surface area contributed by atoms with Crippen molar-refractivity contribution in [2.45, 2.75) is 45.3 Å². The molecule has 0 unspecified atom stereocenters. The maximum absolute atomic E-state index is 10.4. The molecule has 0 aliphatic carbocycles. The van der Waals surface area contributed by atoms with Crippen LogP contribution in [-0.2, 0) is 9.22 Å². The average molecular weight is 189 g/mol. The molecule has 0 fully saturated rings. The van der Waals surface area contributed by atoms with Crippen LogP contribution in [0.2, 0.25) is 18.1 Å². The molecule has 0 aromatic heterocycles. The minimum absolute atomic E-state index is 0.179. The van der Waals surface area contributed by atoms with Gasteiger partial charge in [0.2, 0.25) is 0 Å². The van der Waals surface area contributed by atoms with Crippen molar-refractivity contribution in [2.75, 3.05) is 6.61 Å². The molecule has 3 heteroatoms. The van der Waals surface area contributed by atoms with Gasteiger partial charge in [0.05, 0.1) is 0 Å². The van der Waals surface area contributed by atoms with E-state index >= 15 is 0 Å². The van der Waals surface area contributed by atoms with Gasteiger partial charge in [-0.2, -0.15) is 0 Å². The molecule has 0 bridgehead atoms. The first-order valence-corrected chi connectivity index (χ1v) is 7.21. The highest BCUT2D eigenvalue weighted by molar-refractivity contribution is 6.74. The number of rotatable bonds is 4. The van der Waals surface area contributed by atoms with Gasteiger partial charge in [-0.1, -0.05) is 20.8 Å². The lowest BCUT2D eigenvalue weighted by molar-refractivity contribution is -0.108. The second-order valence-electron chi connectivity index (χ2n) is 4.50. The molecule has 0 rings (SSSR count). The van der Waals surface area contributed by atoms with E-state index in [0.717, 1.165) is 0 Å². The molecule has 0 radical (unpaired) electrons. The zero-order valence-corrected chi connectivity index (χ0v) is 9.73. The molecule has 0 N–H and O–H groups in total. The molecule has 0 aromatic carbocycles. The number of carbonyl (C=O) groups excluding carboxylic acids is 1.